The Balaban J connectivity index is 1.99. The molecule has 0 bridgehead atoms. The number of rotatable bonds is 5. The number of carbonyl (C=O) groups is 1. The monoisotopic (exact) mass is 431 g/mol. The molecule has 1 amide bonds. The number of ether oxygens (including phenoxy) is 2. The van der Waals surface area contributed by atoms with Crippen LogP contribution in [-0.2, 0) is 0 Å². The molecule has 1 saturated heterocycles. The standard InChI is InChI=1S/C23H30FN3O4/c1-23(2,3)20-11-15(26-22(28)29)8-9-27(20)21-12-16(19(31-5)13-25-21)14-6-7-18(30-4)17(24)10-14/h6-7,10,12-13,15,20,26H,8-9,11H2,1-5H3,(H,28,29). The number of carboxylic acid groups (broad SMARTS) is 1. The van der Waals surface area contributed by atoms with Crippen molar-refractivity contribution < 1.29 is 23.8 Å². The third-order valence-corrected chi connectivity index (χ3v) is 5.76. The van der Waals surface area contributed by atoms with E-state index in [0.717, 1.165) is 11.4 Å². The van der Waals surface area contributed by atoms with Gasteiger partial charge in [0.25, 0.3) is 0 Å². The number of anilines is 1. The lowest BCUT2D eigenvalue weighted by Crippen LogP contribution is -2.54. The van der Waals surface area contributed by atoms with Gasteiger partial charge in [-0.3, -0.25) is 0 Å². The summed E-state index contributed by atoms with van der Waals surface area (Å²) in [7, 11) is 2.99. The van der Waals surface area contributed by atoms with Crippen molar-refractivity contribution in [1.82, 2.24) is 10.3 Å². The Labute approximate surface area is 182 Å². The number of pyridine rings is 1. The maximum atomic E-state index is 14.3. The van der Waals surface area contributed by atoms with E-state index in [1.807, 2.05) is 6.07 Å². The summed E-state index contributed by atoms with van der Waals surface area (Å²) in [5.74, 6) is 1.02. The first kappa shape index (κ1) is 22.7. The highest BCUT2D eigenvalue weighted by Crippen LogP contribution is 2.38. The van der Waals surface area contributed by atoms with Gasteiger partial charge in [0.05, 0.1) is 20.4 Å². The Morgan fingerprint density at radius 1 is 1.23 bits per heavy atom. The fourth-order valence-corrected chi connectivity index (χ4v) is 4.18. The van der Waals surface area contributed by atoms with Crippen LogP contribution in [0.2, 0.25) is 0 Å². The highest BCUT2D eigenvalue weighted by atomic mass is 19.1. The number of hydrogen-bond donors (Lipinski definition) is 2. The van der Waals surface area contributed by atoms with Gasteiger partial charge in [-0.2, -0.15) is 0 Å². The van der Waals surface area contributed by atoms with Gasteiger partial charge in [-0.1, -0.05) is 26.8 Å². The Hall–Kier alpha value is -3.03. The SMILES string of the molecule is COc1ccc(-c2cc(N3CCC(NC(=O)O)CC3C(C)(C)C)ncc2OC)cc1F. The highest BCUT2D eigenvalue weighted by molar-refractivity contribution is 5.74. The molecule has 2 atom stereocenters. The summed E-state index contributed by atoms with van der Waals surface area (Å²) in [6.45, 7) is 7.06. The molecule has 7 nitrogen and oxygen atoms in total. The van der Waals surface area contributed by atoms with Crippen LogP contribution in [0.4, 0.5) is 15.0 Å². The smallest absolute Gasteiger partial charge is 0.404 e. The van der Waals surface area contributed by atoms with Gasteiger partial charge < -0.3 is 24.8 Å². The van der Waals surface area contributed by atoms with Gasteiger partial charge in [-0.05, 0) is 42.0 Å². The summed E-state index contributed by atoms with van der Waals surface area (Å²) < 4.78 is 24.9. The summed E-state index contributed by atoms with van der Waals surface area (Å²) >= 11 is 0. The normalized spacial score (nSPS) is 19.1. The molecule has 0 spiro atoms. The third kappa shape index (κ3) is 5.00. The second-order valence-corrected chi connectivity index (χ2v) is 8.84. The lowest BCUT2D eigenvalue weighted by molar-refractivity contribution is 0.177. The molecule has 1 aromatic heterocycles. The number of nitrogens with zero attached hydrogens (tertiary/aromatic N) is 2. The summed E-state index contributed by atoms with van der Waals surface area (Å²) in [6.07, 6.45) is 2.00. The van der Waals surface area contributed by atoms with Crippen molar-refractivity contribution in [2.24, 2.45) is 5.41 Å². The van der Waals surface area contributed by atoms with Gasteiger partial charge in [-0.15, -0.1) is 0 Å². The van der Waals surface area contributed by atoms with E-state index < -0.39 is 11.9 Å². The predicted octanol–water partition coefficient (Wildman–Crippen LogP) is 4.56. The van der Waals surface area contributed by atoms with Crippen LogP contribution in [0, 0.1) is 11.2 Å². The van der Waals surface area contributed by atoms with Crippen molar-refractivity contribution in [3.05, 3.63) is 36.3 Å². The molecule has 2 unspecified atom stereocenters. The van der Waals surface area contributed by atoms with Crippen LogP contribution < -0.4 is 19.7 Å². The Kier molecular flexibility index (Phi) is 6.57. The second-order valence-electron chi connectivity index (χ2n) is 8.84. The molecule has 1 fully saturated rings. The van der Waals surface area contributed by atoms with E-state index in [-0.39, 0.29) is 23.2 Å². The highest BCUT2D eigenvalue weighted by Gasteiger charge is 2.37. The topological polar surface area (TPSA) is 83.9 Å². The molecule has 31 heavy (non-hydrogen) atoms. The number of amides is 1. The Morgan fingerprint density at radius 3 is 2.52 bits per heavy atom. The van der Waals surface area contributed by atoms with Crippen LogP contribution in [0.1, 0.15) is 33.6 Å². The Morgan fingerprint density at radius 2 is 1.94 bits per heavy atom. The molecule has 2 heterocycles. The van der Waals surface area contributed by atoms with Crippen molar-refractivity contribution in [3.8, 4) is 22.6 Å². The maximum absolute atomic E-state index is 14.3. The molecular weight excluding hydrogens is 401 g/mol. The number of aromatic nitrogens is 1. The number of nitrogens with one attached hydrogen (secondary N) is 1. The van der Waals surface area contributed by atoms with Crippen LogP contribution in [-0.4, -0.2) is 49.0 Å². The van der Waals surface area contributed by atoms with E-state index >= 15 is 0 Å². The predicted molar refractivity (Wildman–Crippen MR) is 118 cm³/mol. The van der Waals surface area contributed by atoms with Crippen molar-refractivity contribution in [2.45, 2.75) is 45.7 Å². The second kappa shape index (κ2) is 8.99. The van der Waals surface area contributed by atoms with Gasteiger partial charge in [0.15, 0.2) is 11.6 Å². The fraction of sp³-hybridized carbons (Fsp3) is 0.478. The van der Waals surface area contributed by atoms with E-state index in [4.69, 9.17) is 14.6 Å². The number of halogens is 1. The van der Waals surface area contributed by atoms with Gasteiger partial charge in [0.1, 0.15) is 11.6 Å². The minimum absolute atomic E-state index is 0.0689. The first-order valence-corrected chi connectivity index (χ1v) is 10.3. The Bertz CT molecular complexity index is 945. The van der Waals surface area contributed by atoms with Crippen LogP contribution >= 0.6 is 0 Å². The molecule has 2 aromatic rings. The zero-order valence-electron chi connectivity index (χ0n) is 18.6. The maximum Gasteiger partial charge on any atom is 0.404 e. The zero-order valence-corrected chi connectivity index (χ0v) is 18.6. The molecule has 0 radical (unpaired) electrons. The lowest BCUT2D eigenvalue weighted by atomic mass is 9.79. The van der Waals surface area contributed by atoms with E-state index in [9.17, 15) is 9.18 Å². The minimum Gasteiger partial charge on any atom is -0.494 e. The summed E-state index contributed by atoms with van der Waals surface area (Å²) in [6, 6.07) is 6.67. The number of benzene rings is 1. The third-order valence-electron chi connectivity index (χ3n) is 5.76. The summed E-state index contributed by atoms with van der Waals surface area (Å²) in [5, 5.41) is 11.8. The van der Waals surface area contributed by atoms with Gasteiger partial charge in [0.2, 0.25) is 0 Å². The van der Waals surface area contributed by atoms with E-state index in [2.05, 4.69) is 36.0 Å². The average molecular weight is 432 g/mol. The quantitative estimate of drug-likeness (QED) is 0.722. The number of hydrogen-bond acceptors (Lipinski definition) is 5. The van der Waals surface area contributed by atoms with Crippen molar-refractivity contribution >= 4 is 11.9 Å². The number of methoxy groups -OCH3 is 2. The molecular formula is C23H30FN3O4. The molecule has 0 aliphatic carbocycles. The molecule has 168 valence electrons. The molecule has 1 aliphatic rings. The molecule has 2 N–H and O–H groups in total. The largest absolute Gasteiger partial charge is 0.494 e. The number of piperidine rings is 1. The summed E-state index contributed by atoms with van der Waals surface area (Å²) in [5.41, 5.74) is 1.29. The zero-order chi connectivity index (χ0) is 22.8. The molecule has 1 aliphatic heterocycles. The minimum atomic E-state index is -1.00. The van der Waals surface area contributed by atoms with Gasteiger partial charge >= 0.3 is 6.09 Å². The van der Waals surface area contributed by atoms with Gasteiger partial charge in [0, 0.05) is 24.2 Å². The van der Waals surface area contributed by atoms with Crippen molar-refractivity contribution in [3.63, 3.8) is 0 Å². The van der Waals surface area contributed by atoms with Gasteiger partial charge in [-0.25, -0.2) is 14.2 Å². The summed E-state index contributed by atoms with van der Waals surface area (Å²) in [4.78, 5) is 18.0. The average Bonchev–Trinajstić information content (AvgIpc) is 2.72. The van der Waals surface area contributed by atoms with Crippen LogP contribution in [0.25, 0.3) is 11.1 Å². The molecule has 0 saturated carbocycles. The lowest BCUT2D eigenvalue weighted by Gasteiger charge is -2.46. The molecule has 8 heteroatoms. The first-order valence-electron chi connectivity index (χ1n) is 10.3. The van der Waals surface area contributed by atoms with Crippen molar-refractivity contribution in [2.75, 3.05) is 25.7 Å². The van der Waals surface area contributed by atoms with E-state index in [1.54, 1.807) is 25.4 Å². The molecule has 3 rings (SSSR count). The van der Waals surface area contributed by atoms with E-state index in [1.165, 1.54) is 13.2 Å². The van der Waals surface area contributed by atoms with Crippen LogP contribution in [0.3, 0.4) is 0 Å². The van der Waals surface area contributed by atoms with E-state index in [0.29, 0.717) is 30.7 Å². The molecule has 1 aromatic carbocycles. The van der Waals surface area contributed by atoms with Crippen LogP contribution in [0.5, 0.6) is 11.5 Å². The first-order chi connectivity index (χ1) is 14.6. The fourth-order valence-electron chi connectivity index (χ4n) is 4.18. The van der Waals surface area contributed by atoms with Crippen LogP contribution in [0.15, 0.2) is 30.5 Å². The van der Waals surface area contributed by atoms with Crippen molar-refractivity contribution in [1.29, 1.82) is 0 Å².